The quantitative estimate of drug-likeness (QED) is 0.633. The van der Waals surface area contributed by atoms with Crippen molar-refractivity contribution < 1.29 is 14.3 Å². The van der Waals surface area contributed by atoms with Gasteiger partial charge in [-0.2, -0.15) is 0 Å². The van der Waals surface area contributed by atoms with Gasteiger partial charge in [0.15, 0.2) is 11.9 Å². The number of anilines is 1. The predicted molar refractivity (Wildman–Crippen MR) is 82.2 cm³/mol. The lowest BCUT2D eigenvalue weighted by Crippen LogP contribution is -2.32. The molecular weight excluding hydrogens is 302 g/mol. The Hall–Kier alpha value is -2.17. The zero-order valence-corrected chi connectivity index (χ0v) is 12.5. The molecule has 2 unspecified atom stereocenters. The van der Waals surface area contributed by atoms with Gasteiger partial charge in [-0.15, -0.1) is 0 Å². The number of hydrogen-bond acceptors (Lipinski definition) is 3. The first-order chi connectivity index (χ1) is 10.6. The average molecular weight is 314 g/mol. The van der Waals surface area contributed by atoms with Crippen LogP contribution < -0.4 is 4.90 Å². The van der Waals surface area contributed by atoms with Gasteiger partial charge in [-0.25, -0.2) is 0 Å². The molecule has 0 radical (unpaired) electrons. The highest BCUT2D eigenvalue weighted by Crippen LogP contribution is 2.56. The van der Waals surface area contributed by atoms with Gasteiger partial charge < -0.3 is 9.64 Å². The number of nitrogens with zero attached hydrogens (tertiary/aromatic N) is 1. The molecule has 1 fully saturated rings. The van der Waals surface area contributed by atoms with Gasteiger partial charge >= 0.3 is 0 Å². The summed E-state index contributed by atoms with van der Waals surface area (Å²) in [5.74, 6) is -0.392. The van der Waals surface area contributed by atoms with Crippen LogP contribution in [0.25, 0.3) is 0 Å². The Morgan fingerprint density at radius 2 is 1.86 bits per heavy atom. The number of halogens is 1. The number of rotatable bonds is 2. The maximum atomic E-state index is 12.6. The smallest absolute Gasteiger partial charge is 0.267 e. The monoisotopic (exact) mass is 313 g/mol. The molecular formula is C17H12ClNO3. The molecule has 0 bridgehead atoms. The highest BCUT2D eigenvalue weighted by atomic mass is 35.5. The van der Waals surface area contributed by atoms with Crippen molar-refractivity contribution in [2.45, 2.75) is 11.7 Å². The lowest BCUT2D eigenvalue weighted by atomic mass is 9.92. The van der Waals surface area contributed by atoms with Crippen LogP contribution in [0.15, 0.2) is 48.5 Å². The molecule has 22 heavy (non-hydrogen) atoms. The Bertz CT molecular complexity index is 802. The maximum Gasteiger partial charge on any atom is 0.267 e. The van der Waals surface area contributed by atoms with Crippen molar-refractivity contribution in [3.8, 4) is 0 Å². The molecule has 4 nitrogen and oxygen atoms in total. The van der Waals surface area contributed by atoms with E-state index in [1.807, 2.05) is 24.3 Å². The van der Waals surface area contributed by atoms with Crippen LogP contribution in [0.2, 0.25) is 5.02 Å². The molecule has 2 aliphatic rings. The topological polar surface area (TPSA) is 49.9 Å². The van der Waals surface area contributed by atoms with Crippen LogP contribution in [-0.2, 0) is 15.1 Å². The molecule has 2 aliphatic heterocycles. The number of benzene rings is 2. The summed E-state index contributed by atoms with van der Waals surface area (Å²) in [5, 5.41) is 0.560. The fourth-order valence-corrected chi connectivity index (χ4v) is 3.20. The van der Waals surface area contributed by atoms with Crippen molar-refractivity contribution >= 4 is 29.0 Å². The molecule has 4 rings (SSSR count). The largest absolute Gasteiger partial charge is 0.342 e. The van der Waals surface area contributed by atoms with Gasteiger partial charge in [0.05, 0.1) is 5.69 Å². The summed E-state index contributed by atoms with van der Waals surface area (Å²) >= 11 is 5.84. The molecule has 0 aromatic heterocycles. The van der Waals surface area contributed by atoms with E-state index in [4.69, 9.17) is 16.3 Å². The fraction of sp³-hybridized carbons (Fsp3) is 0.176. The second kappa shape index (κ2) is 4.41. The molecule has 0 saturated carbocycles. The highest BCUT2D eigenvalue weighted by molar-refractivity contribution is 6.30. The number of likely N-dealkylation sites (N-methyl/N-ethyl adjacent to an activating group) is 1. The standard InChI is InChI=1S/C17H12ClNO3/c1-19-13-5-3-2-4-12(13)17(16(19)21)15(22-17)14(20)10-6-8-11(18)9-7-10/h2-9,15H,1H3. The van der Waals surface area contributed by atoms with Crippen LogP contribution in [0.1, 0.15) is 15.9 Å². The number of Topliss-reactive ketones (excluding diaryl/α,β-unsaturated/α-hetero) is 1. The number of ether oxygens (including phenoxy) is 1. The van der Waals surface area contributed by atoms with Crippen molar-refractivity contribution in [3.05, 3.63) is 64.7 Å². The summed E-state index contributed by atoms with van der Waals surface area (Å²) in [6.07, 6.45) is -0.771. The van der Waals surface area contributed by atoms with Gasteiger partial charge in [0.1, 0.15) is 0 Å². The van der Waals surface area contributed by atoms with E-state index in [1.54, 1.807) is 36.2 Å². The van der Waals surface area contributed by atoms with E-state index in [1.165, 1.54) is 0 Å². The van der Waals surface area contributed by atoms with Gasteiger partial charge in [0.2, 0.25) is 5.60 Å². The van der Waals surface area contributed by atoms with Gasteiger partial charge in [-0.3, -0.25) is 9.59 Å². The zero-order valence-electron chi connectivity index (χ0n) is 11.7. The average Bonchev–Trinajstić information content (AvgIpc) is 3.26. The lowest BCUT2D eigenvalue weighted by molar-refractivity contribution is -0.122. The molecule has 2 aromatic carbocycles. The first-order valence-electron chi connectivity index (χ1n) is 6.91. The summed E-state index contributed by atoms with van der Waals surface area (Å²) in [6, 6.07) is 14.0. The fourth-order valence-electron chi connectivity index (χ4n) is 3.08. The minimum Gasteiger partial charge on any atom is -0.342 e. The van der Waals surface area contributed by atoms with Gasteiger partial charge in [-0.1, -0.05) is 29.8 Å². The molecule has 5 heteroatoms. The first kappa shape index (κ1) is 13.5. The van der Waals surface area contributed by atoms with Crippen molar-refractivity contribution in [1.82, 2.24) is 0 Å². The van der Waals surface area contributed by atoms with E-state index in [2.05, 4.69) is 0 Å². The van der Waals surface area contributed by atoms with Crippen molar-refractivity contribution in [2.24, 2.45) is 0 Å². The minimum absolute atomic E-state index is 0.194. The van der Waals surface area contributed by atoms with Crippen molar-refractivity contribution in [2.75, 3.05) is 11.9 Å². The normalized spacial score (nSPS) is 25.5. The van der Waals surface area contributed by atoms with E-state index in [9.17, 15) is 9.59 Å². The van der Waals surface area contributed by atoms with Crippen LogP contribution in [0.4, 0.5) is 5.69 Å². The van der Waals surface area contributed by atoms with E-state index in [-0.39, 0.29) is 11.7 Å². The minimum atomic E-state index is -1.15. The molecule has 110 valence electrons. The number of carbonyl (C=O) groups is 2. The Kier molecular flexibility index (Phi) is 2.71. The lowest BCUT2D eigenvalue weighted by Gasteiger charge is -2.08. The third kappa shape index (κ3) is 1.62. The van der Waals surface area contributed by atoms with Crippen molar-refractivity contribution in [3.63, 3.8) is 0 Å². The maximum absolute atomic E-state index is 12.6. The predicted octanol–water partition coefficient (Wildman–Crippen LogP) is 2.79. The second-order valence-corrected chi connectivity index (χ2v) is 5.92. The van der Waals surface area contributed by atoms with E-state index >= 15 is 0 Å². The summed E-state index contributed by atoms with van der Waals surface area (Å²) in [7, 11) is 1.70. The molecule has 2 aromatic rings. The number of carbonyl (C=O) groups excluding carboxylic acids is 2. The molecule has 1 amide bonds. The summed E-state index contributed by atoms with van der Waals surface area (Å²) in [6.45, 7) is 0. The van der Waals surface area contributed by atoms with Crippen LogP contribution in [0, 0.1) is 0 Å². The van der Waals surface area contributed by atoms with Crippen LogP contribution in [0.5, 0.6) is 0 Å². The second-order valence-electron chi connectivity index (χ2n) is 5.49. The first-order valence-corrected chi connectivity index (χ1v) is 7.29. The van der Waals surface area contributed by atoms with Gasteiger partial charge in [-0.05, 0) is 30.3 Å². The third-order valence-corrected chi connectivity index (χ3v) is 4.52. The molecule has 2 atom stereocenters. The Morgan fingerprint density at radius 3 is 2.59 bits per heavy atom. The summed E-state index contributed by atoms with van der Waals surface area (Å²) in [4.78, 5) is 26.7. The van der Waals surface area contributed by atoms with E-state index in [0.29, 0.717) is 10.6 Å². The molecule has 2 heterocycles. The number of amides is 1. The van der Waals surface area contributed by atoms with Crippen LogP contribution in [-0.4, -0.2) is 24.8 Å². The van der Waals surface area contributed by atoms with Crippen molar-refractivity contribution in [1.29, 1.82) is 0 Å². The number of para-hydroxylation sites is 1. The molecule has 0 aliphatic carbocycles. The summed E-state index contributed by atoms with van der Waals surface area (Å²) in [5.41, 5.74) is 0.891. The SMILES string of the molecule is CN1C(=O)C2(OC2C(=O)c2ccc(Cl)cc2)c2ccccc21. The van der Waals surface area contributed by atoms with Gasteiger partial charge in [0.25, 0.3) is 5.91 Å². The number of ketones is 1. The van der Waals surface area contributed by atoms with E-state index < -0.39 is 11.7 Å². The van der Waals surface area contributed by atoms with E-state index in [0.717, 1.165) is 11.3 Å². The zero-order chi connectivity index (χ0) is 15.5. The number of hydrogen-bond donors (Lipinski definition) is 0. The Morgan fingerprint density at radius 1 is 1.18 bits per heavy atom. The Balaban J connectivity index is 1.73. The molecule has 1 saturated heterocycles. The molecule has 1 spiro atoms. The number of epoxide rings is 1. The Labute approximate surface area is 132 Å². The molecule has 0 N–H and O–H groups in total. The van der Waals surface area contributed by atoms with Crippen LogP contribution in [0.3, 0.4) is 0 Å². The third-order valence-electron chi connectivity index (χ3n) is 4.27. The van der Waals surface area contributed by atoms with Gasteiger partial charge in [0, 0.05) is 23.2 Å². The highest BCUT2D eigenvalue weighted by Gasteiger charge is 2.71. The summed E-state index contributed by atoms with van der Waals surface area (Å²) < 4.78 is 5.65. The van der Waals surface area contributed by atoms with Crippen LogP contribution >= 0.6 is 11.6 Å². The number of fused-ring (bicyclic) bond motifs is 2.